The predicted octanol–water partition coefficient (Wildman–Crippen LogP) is 2.61. The number of urea groups is 1. The van der Waals surface area contributed by atoms with Crippen molar-refractivity contribution in [1.29, 1.82) is 0 Å². The Morgan fingerprint density at radius 3 is 2.58 bits per heavy atom. The Labute approximate surface area is 123 Å². The fourth-order valence-corrected chi connectivity index (χ4v) is 2.20. The summed E-state index contributed by atoms with van der Waals surface area (Å²) >= 11 is 12.1. The predicted molar refractivity (Wildman–Crippen MR) is 77.9 cm³/mol. The van der Waals surface area contributed by atoms with Crippen molar-refractivity contribution < 1.29 is 9.90 Å². The van der Waals surface area contributed by atoms with E-state index < -0.39 is 0 Å². The summed E-state index contributed by atoms with van der Waals surface area (Å²) in [4.78, 5) is 11.5. The molecule has 19 heavy (non-hydrogen) atoms. The maximum Gasteiger partial charge on any atom is 0.315 e. The molecule has 0 saturated carbocycles. The van der Waals surface area contributed by atoms with Crippen LogP contribution in [0, 0.1) is 0 Å². The van der Waals surface area contributed by atoms with Gasteiger partial charge in [0.05, 0.1) is 0 Å². The molecular weight excluding hydrogens is 287 g/mol. The maximum atomic E-state index is 11.5. The van der Waals surface area contributed by atoms with Gasteiger partial charge in [-0.2, -0.15) is 0 Å². The number of amides is 2. The zero-order valence-electron chi connectivity index (χ0n) is 10.7. The molecule has 0 aliphatic rings. The smallest absolute Gasteiger partial charge is 0.315 e. The third-order valence-corrected chi connectivity index (χ3v) is 3.37. The SMILES string of the molecule is C[C@H](CCO)NC(=O)NCCc1c(Cl)cccc1Cl. The molecule has 0 heterocycles. The number of hydrogen-bond donors (Lipinski definition) is 3. The van der Waals surface area contributed by atoms with Crippen LogP contribution in [0.5, 0.6) is 0 Å². The molecule has 6 heteroatoms. The van der Waals surface area contributed by atoms with Gasteiger partial charge >= 0.3 is 6.03 Å². The standard InChI is InChI=1S/C13H18Cl2N2O2/c1-9(6-8-18)17-13(19)16-7-5-10-11(14)3-2-4-12(10)15/h2-4,9,18H,5-8H2,1H3,(H2,16,17,19)/t9-/m1/s1. The van der Waals surface area contributed by atoms with E-state index in [9.17, 15) is 4.79 Å². The van der Waals surface area contributed by atoms with E-state index in [1.165, 1.54) is 0 Å². The molecule has 0 aromatic heterocycles. The highest BCUT2D eigenvalue weighted by molar-refractivity contribution is 6.35. The zero-order valence-corrected chi connectivity index (χ0v) is 12.3. The van der Waals surface area contributed by atoms with Gasteiger partial charge in [-0.3, -0.25) is 0 Å². The van der Waals surface area contributed by atoms with E-state index in [0.717, 1.165) is 5.56 Å². The van der Waals surface area contributed by atoms with Crippen molar-refractivity contribution in [2.75, 3.05) is 13.2 Å². The van der Waals surface area contributed by atoms with Gasteiger partial charge in [-0.1, -0.05) is 29.3 Å². The van der Waals surface area contributed by atoms with Crippen molar-refractivity contribution in [2.24, 2.45) is 0 Å². The molecule has 0 bridgehead atoms. The molecule has 0 aliphatic heterocycles. The zero-order chi connectivity index (χ0) is 14.3. The van der Waals surface area contributed by atoms with Gasteiger partial charge in [-0.05, 0) is 37.5 Å². The number of aliphatic hydroxyl groups is 1. The van der Waals surface area contributed by atoms with Gasteiger partial charge in [0.25, 0.3) is 0 Å². The normalized spacial score (nSPS) is 12.0. The Hall–Kier alpha value is -0.970. The number of halogens is 2. The van der Waals surface area contributed by atoms with Gasteiger partial charge in [0.1, 0.15) is 0 Å². The molecule has 1 aromatic rings. The van der Waals surface area contributed by atoms with Crippen LogP contribution in [0.25, 0.3) is 0 Å². The van der Waals surface area contributed by atoms with E-state index in [1.807, 2.05) is 6.92 Å². The van der Waals surface area contributed by atoms with Crippen LogP contribution in [-0.2, 0) is 6.42 Å². The van der Waals surface area contributed by atoms with E-state index in [-0.39, 0.29) is 18.7 Å². The second-order valence-corrected chi connectivity index (χ2v) is 5.08. The summed E-state index contributed by atoms with van der Waals surface area (Å²) in [6.45, 7) is 2.33. The molecular formula is C13H18Cl2N2O2. The average Bonchev–Trinajstić information content (AvgIpc) is 2.33. The van der Waals surface area contributed by atoms with Gasteiger partial charge in [-0.25, -0.2) is 4.79 Å². The molecule has 0 saturated heterocycles. The first kappa shape index (κ1) is 16.1. The minimum Gasteiger partial charge on any atom is -0.396 e. The number of carbonyl (C=O) groups excluding carboxylic acids is 1. The first-order valence-corrected chi connectivity index (χ1v) is 6.88. The minimum absolute atomic E-state index is 0.0523. The van der Waals surface area contributed by atoms with Crippen LogP contribution < -0.4 is 10.6 Å². The van der Waals surface area contributed by atoms with Crippen molar-refractivity contribution in [3.05, 3.63) is 33.8 Å². The molecule has 0 unspecified atom stereocenters. The molecule has 0 fully saturated rings. The summed E-state index contributed by atoms with van der Waals surface area (Å²) in [7, 11) is 0. The lowest BCUT2D eigenvalue weighted by atomic mass is 10.1. The third kappa shape index (κ3) is 5.68. The van der Waals surface area contributed by atoms with Crippen molar-refractivity contribution in [1.82, 2.24) is 10.6 Å². The largest absolute Gasteiger partial charge is 0.396 e. The first-order chi connectivity index (χ1) is 9.04. The van der Waals surface area contributed by atoms with Crippen molar-refractivity contribution in [3.8, 4) is 0 Å². The molecule has 2 amide bonds. The van der Waals surface area contributed by atoms with Crippen LogP contribution in [0.15, 0.2) is 18.2 Å². The Balaban J connectivity index is 2.36. The van der Waals surface area contributed by atoms with E-state index in [0.29, 0.717) is 29.4 Å². The molecule has 1 aromatic carbocycles. The summed E-state index contributed by atoms with van der Waals surface area (Å²) in [6.07, 6.45) is 1.10. The topological polar surface area (TPSA) is 61.4 Å². The van der Waals surface area contributed by atoms with E-state index in [2.05, 4.69) is 10.6 Å². The van der Waals surface area contributed by atoms with Crippen LogP contribution >= 0.6 is 23.2 Å². The van der Waals surface area contributed by atoms with Crippen LogP contribution in [-0.4, -0.2) is 30.3 Å². The highest BCUT2D eigenvalue weighted by Crippen LogP contribution is 2.24. The van der Waals surface area contributed by atoms with E-state index >= 15 is 0 Å². The molecule has 0 spiro atoms. The summed E-state index contributed by atoms with van der Waals surface area (Å²) in [5, 5.41) is 15.4. The first-order valence-electron chi connectivity index (χ1n) is 6.12. The van der Waals surface area contributed by atoms with Gasteiger partial charge in [-0.15, -0.1) is 0 Å². The number of nitrogens with one attached hydrogen (secondary N) is 2. The monoisotopic (exact) mass is 304 g/mol. The Morgan fingerprint density at radius 1 is 1.37 bits per heavy atom. The molecule has 1 atom stereocenters. The number of aliphatic hydroxyl groups excluding tert-OH is 1. The molecule has 0 radical (unpaired) electrons. The second-order valence-electron chi connectivity index (χ2n) is 4.26. The lowest BCUT2D eigenvalue weighted by molar-refractivity contribution is 0.231. The van der Waals surface area contributed by atoms with Crippen LogP contribution in [0.4, 0.5) is 4.79 Å². The van der Waals surface area contributed by atoms with Crippen molar-refractivity contribution in [2.45, 2.75) is 25.8 Å². The second kappa shape index (κ2) is 8.25. The van der Waals surface area contributed by atoms with Crippen LogP contribution in [0.3, 0.4) is 0 Å². The lowest BCUT2D eigenvalue weighted by Crippen LogP contribution is -2.41. The number of carbonyl (C=O) groups is 1. The van der Waals surface area contributed by atoms with Gasteiger partial charge in [0.2, 0.25) is 0 Å². The van der Waals surface area contributed by atoms with Crippen molar-refractivity contribution >= 4 is 29.2 Å². The Kier molecular flexibility index (Phi) is 6.99. The lowest BCUT2D eigenvalue weighted by Gasteiger charge is -2.13. The van der Waals surface area contributed by atoms with Gasteiger partial charge in [0, 0.05) is 29.2 Å². The minimum atomic E-state index is -0.260. The van der Waals surface area contributed by atoms with Crippen molar-refractivity contribution in [3.63, 3.8) is 0 Å². The summed E-state index contributed by atoms with van der Waals surface area (Å²) in [5.41, 5.74) is 0.828. The quantitative estimate of drug-likeness (QED) is 0.756. The average molecular weight is 305 g/mol. The summed E-state index contributed by atoms with van der Waals surface area (Å²) in [5.74, 6) is 0. The Bertz CT molecular complexity index is 407. The van der Waals surface area contributed by atoms with E-state index in [4.69, 9.17) is 28.3 Å². The molecule has 106 valence electrons. The highest BCUT2D eigenvalue weighted by Gasteiger charge is 2.08. The Morgan fingerprint density at radius 2 is 2.00 bits per heavy atom. The highest BCUT2D eigenvalue weighted by atomic mass is 35.5. The maximum absolute atomic E-state index is 11.5. The molecule has 0 aliphatic carbocycles. The molecule has 3 N–H and O–H groups in total. The van der Waals surface area contributed by atoms with Gasteiger partial charge in [0.15, 0.2) is 0 Å². The fraction of sp³-hybridized carbons (Fsp3) is 0.462. The van der Waals surface area contributed by atoms with E-state index in [1.54, 1.807) is 18.2 Å². The van der Waals surface area contributed by atoms with Gasteiger partial charge < -0.3 is 15.7 Å². The third-order valence-electron chi connectivity index (χ3n) is 2.66. The number of hydrogen-bond acceptors (Lipinski definition) is 2. The van der Waals surface area contributed by atoms with Crippen LogP contribution in [0.2, 0.25) is 10.0 Å². The number of benzene rings is 1. The fourth-order valence-electron chi connectivity index (χ4n) is 1.61. The number of rotatable bonds is 6. The van der Waals surface area contributed by atoms with Crippen LogP contribution in [0.1, 0.15) is 18.9 Å². The molecule has 1 rings (SSSR count). The summed E-state index contributed by atoms with van der Waals surface area (Å²) in [6, 6.07) is 5.00. The summed E-state index contributed by atoms with van der Waals surface area (Å²) < 4.78 is 0. The molecule has 4 nitrogen and oxygen atoms in total.